The highest BCUT2D eigenvalue weighted by atomic mass is 35.5. The molecule has 0 aliphatic carbocycles. The number of amides is 2. The number of nitrogens with zero attached hydrogens (tertiary/aromatic N) is 4. The third-order valence-corrected chi connectivity index (χ3v) is 14.6. The Labute approximate surface area is 331 Å². The molecule has 0 saturated carbocycles. The molecule has 12 atom stereocenters. The van der Waals surface area contributed by atoms with E-state index in [1.807, 2.05) is 26.0 Å². The summed E-state index contributed by atoms with van der Waals surface area (Å²) in [6.45, 7) is 4.66. The summed E-state index contributed by atoms with van der Waals surface area (Å²) < 4.78 is 24.9. The summed E-state index contributed by atoms with van der Waals surface area (Å²) in [4.78, 5) is 30.1. The van der Waals surface area contributed by atoms with Crippen LogP contribution in [0.15, 0.2) is 24.3 Å². The number of nitriles is 2. The van der Waals surface area contributed by atoms with Gasteiger partial charge in [0.05, 0.1) is 66.5 Å². The van der Waals surface area contributed by atoms with Gasteiger partial charge in [0.1, 0.15) is 35.8 Å². The van der Waals surface area contributed by atoms with Crippen molar-refractivity contribution >= 4 is 69.6 Å². The summed E-state index contributed by atoms with van der Waals surface area (Å²) in [5.74, 6) is -1.61. The lowest BCUT2D eigenvalue weighted by molar-refractivity contribution is -0.133. The molecule has 2 unspecified atom stereocenters. The first kappa shape index (κ1) is 36.9. The Bertz CT molecular complexity index is 1900. The number of hydrogen-bond donors (Lipinski definition) is 2. The monoisotopic (exact) mass is 816 g/mol. The van der Waals surface area contributed by atoms with Gasteiger partial charge in [-0.3, -0.25) is 19.4 Å². The van der Waals surface area contributed by atoms with E-state index >= 15 is 0 Å². The van der Waals surface area contributed by atoms with Crippen LogP contribution in [-0.4, -0.2) is 82.3 Å². The fourth-order valence-electron chi connectivity index (χ4n) is 11.3. The topological polar surface area (TPSA) is 166 Å². The van der Waals surface area contributed by atoms with Gasteiger partial charge in [0.15, 0.2) is 0 Å². The smallest absolute Gasteiger partial charge is 0.235 e. The number of fused-ring (bicyclic) bond motifs is 4. The Morgan fingerprint density at radius 2 is 1.04 bits per heavy atom. The zero-order chi connectivity index (χ0) is 38.3. The molecule has 2 aromatic rings. The molecule has 2 amide bonds. The van der Waals surface area contributed by atoms with Crippen LogP contribution >= 0.6 is 46.4 Å². The third-order valence-electron chi connectivity index (χ3n) is 13.4. The van der Waals surface area contributed by atoms with E-state index in [0.717, 1.165) is 25.7 Å². The molecule has 2 spiro atoms. The Morgan fingerprint density at radius 3 is 1.37 bits per heavy atom. The minimum absolute atomic E-state index is 0.158. The van der Waals surface area contributed by atoms with Crippen molar-refractivity contribution < 1.29 is 38.7 Å². The maximum atomic E-state index is 13.5. The van der Waals surface area contributed by atoms with Gasteiger partial charge in [-0.2, -0.15) is 10.5 Å². The predicted octanol–water partition coefficient (Wildman–Crippen LogP) is 5.75. The van der Waals surface area contributed by atoms with Gasteiger partial charge in [0, 0.05) is 49.3 Å². The summed E-state index contributed by atoms with van der Waals surface area (Å²) in [6, 6.07) is 10.2. The molecular weight excluding hydrogens is 782 g/mol. The van der Waals surface area contributed by atoms with Crippen molar-refractivity contribution in [2.75, 3.05) is 23.0 Å². The highest BCUT2D eigenvalue weighted by Gasteiger charge is 2.78. The molecule has 8 aliphatic rings. The van der Waals surface area contributed by atoms with E-state index in [1.165, 1.54) is 0 Å². The van der Waals surface area contributed by atoms with E-state index in [9.17, 15) is 30.3 Å². The van der Waals surface area contributed by atoms with Crippen molar-refractivity contribution in [2.24, 2.45) is 23.7 Å². The molecular formula is C38H36Cl4N4O8. The van der Waals surface area contributed by atoms with Crippen molar-refractivity contribution in [3.63, 3.8) is 0 Å². The zero-order valence-electron chi connectivity index (χ0n) is 29.2. The van der Waals surface area contributed by atoms with Gasteiger partial charge in [-0.15, -0.1) is 0 Å². The fourth-order valence-corrected chi connectivity index (χ4v) is 12.4. The lowest BCUT2D eigenvalue weighted by atomic mass is 9.65. The number of carbonyl (C=O) groups is 2. The van der Waals surface area contributed by atoms with Crippen LogP contribution in [0.3, 0.4) is 0 Å². The standard InChI is InChI=1S/2C19H18Cl2N2O4/c2*1-18-13(24)7-19(27-18)3-2-4-26-17-15(19)14(18)16(25)23(17)9-5-11(20)10(8-22)12(21)6-9/h2*5-6,13-15,17,24H,2-4,7H2,1H3/t2*13-,14-,15?,17+,18-,19+/m10/s1. The van der Waals surface area contributed by atoms with Crippen LogP contribution in [0.1, 0.15) is 63.5 Å². The Morgan fingerprint density at radius 1 is 0.685 bits per heavy atom. The van der Waals surface area contributed by atoms with Crippen LogP contribution in [0.2, 0.25) is 20.1 Å². The van der Waals surface area contributed by atoms with Crippen LogP contribution in [0.5, 0.6) is 0 Å². The summed E-state index contributed by atoms with van der Waals surface area (Å²) in [6.07, 6.45) is 1.78. The second-order valence-electron chi connectivity index (χ2n) is 16.1. The van der Waals surface area contributed by atoms with Crippen LogP contribution in [0.25, 0.3) is 0 Å². The Hall–Kier alpha value is -2.72. The molecule has 10 rings (SSSR count). The fraction of sp³-hybridized carbons (Fsp3) is 0.579. The highest BCUT2D eigenvalue weighted by molar-refractivity contribution is 6.38. The van der Waals surface area contributed by atoms with Gasteiger partial charge in [0.25, 0.3) is 0 Å². The largest absolute Gasteiger partial charge is 0.390 e. The number of anilines is 2. The highest BCUT2D eigenvalue weighted by Crippen LogP contribution is 2.66. The first-order chi connectivity index (χ1) is 25.6. The van der Waals surface area contributed by atoms with Crippen molar-refractivity contribution in [2.45, 2.75) is 99.4 Å². The number of benzene rings is 2. The lowest BCUT2D eigenvalue weighted by Crippen LogP contribution is -2.49. The molecule has 2 aromatic carbocycles. The molecule has 4 bridgehead atoms. The third kappa shape index (κ3) is 4.76. The van der Waals surface area contributed by atoms with E-state index in [2.05, 4.69) is 0 Å². The van der Waals surface area contributed by atoms with Crippen molar-refractivity contribution in [3.8, 4) is 12.1 Å². The number of aliphatic hydroxyl groups excluding tert-OH is 2. The van der Waals surface area contributed by atoms with Gasteiger partial charge >= 0.3 is 0 Å². The van der Waals surface area contributed by atoms with Crippen LogP contribution in [-0.2, 0) is 28.5 Å². The minimum atomic E-state index is -0.921. The lowest BCUT2D eigenvalue weighted by Gasteiger charge is -2.35. The molecule has 8 aliphatic heterocycles. The average Bonchev–Trinajstić information content (AvgIpc) is 3.81. The van der Waals surface area contributed by atoms with E-state index < -0.39 is 58.9 Å². The molecule has 284 valence electrons. The first-order valence-electron chi connectivity index (χ1n) is 18.1. The maximum absolute atomic E-state index is 13.5. The van der Waals surface area contributed by atoms with E-state index in [4.69, 9.17) is 65.4 Å². The number of hydrogen-bond acceptors (Lipinski definition) is 10. The summed E-state index contributed by atoms with van der Waals surface area (Å²) in [5.41, 5.74) is -1.58. The second-order valence-corrected chi connectivity index (χ2v) is 17.7. The van der Waals surface area contributed by atoms with Gasteiger partial charge in [-0.1, -0.05) is 46.4 Å². The number of halogens is 4. The van der Waals surface area contributed by atoms with Crippen molar-refractivity contribution in [3.05, 3.63) is 55.5 Å². The molecule has 8 fully saturated rings. The second kappa shape index (κ2) is 12.4. The molecule has 12 nitrogen and oxygen atoms in total. The van der Waals surface area contributed by atoms with Gasteiger partial charge in [-0.25, -0.2) is 0 Å². The molecule has 0 aromatic heterocycles. The number of aliphatic hydroxyl groups is 2. The average molecular weight is 819 g/mol. The minimum Gasteiger partial charge on any atom is -0.390 e. The van der Waals surface area contributed by atoms with E-state index in [1.54, 1.807) is 34.1 Å². The molecule has 8 saturated heterocycles. The molecule has 8 heterocycles. The normalized spacial score (nSPS) is 42.2. The Kier molecular flexibility index (Phi) is 8.46. The van der Waals surface area contributed by atoms with Crippen LogP contribution in [0.4, 0.5) is 11.4 Å². The van der Waals surface area contributed by atoms with Crippen molar-refractivity contribution in [1.82, 2.24) is 0 Å². The van der Waals surface area contributed by atoms with Crippen molar-refractivity contribution in [1.29, 1.82) is 10.5 Å². The maximum Gasteiger partial charge on any atom is 0.235 e. The molecule has 54 heavy (non-hydrogen) atoms. The number of ether oxygens (including phenoxy) is 4. The quantitative estimate of drug-likeness (QED) is 0.382. The summed E-state index contributed by atoms with van der Waals surface area (Å²) >= 11 is 24.9. The first-order valence-corrected chi connectivity index (χ1v) is 19.6. The number of carbonyl (C=O) groups excluding carboxylic acids is 2. The van der Waals surface area contributed by atoms with E-state index in [-0.39, 0.29) is 54.9 Å². The van der Waals surface area contributed by atoms with Gasteiger partial charge < -0.3 is 29.2 Å². The van der Waals surface area contributed by atoms with Crippen LogP contribution in [0, 0.1) is 46.3 Å². The molecule has 16 heteroatoms. The SMILES string of the molecule is C[C@@]12O[C@]3(CCCO[C@@H]4C3[C@H]1C(=O)N4c1cc(Cl)c(C#N)c(Cl)c1)C[C@@H]2O.C[C@]12O[C@@]3(CCCO[C@H]4C3[C@@H]1C(=O)N4c1cc(Cl)c(C#N)c(Cl)c1)C[C@H]2O. The Balaban J connectivity index is 0.000000142. The van der Waals surface area contributed by atoms with E-state index in [0.29, 0.717) is 37.4 Å². The molecule has 0 radical (unpaired) electrons. The molecule has 2 N–H and O–H groups in total. The summed E-state index contributed by atoms with van der Waals surface area (Å²) in [7, 11) is 0. The summed E-state index contributed by atoms with van der Waals surface area (Å²) in [5, 5.41) is 40.4. The zero-order valence-corrected chi connectivity index (χ0v) is 32.3. The van der Waals surface area contributed by atoms with Crippen LogP contribution < -0.4 is 9.80 Å². The van der Waals surface area contributed by atoms with Gasteiger partial charge in [0.2, 0.25) is 11.8 Å². The predicted molar refractivity (Wildman–Crippen MR) is 195 cm³/mol. The van der Waals surface area contributed by atoms with Gasteiger partial charge in [-0.05, 0) is 63.8 Å². The number of rotatable bonds is 2.